The molecule has 0 aliphatic heterocycles. The first-order valence-electron chi connectivity index (χ1n) is 11.2. The molecule has 0 saturated heterocycles. The first-order valence-corrected chi connectivity index (χ1v) is 11.2. The average Bonchev–Trinajstić information content (AvgIpc) is 3.16. The molecule has 6 heteroatoms. The molecule has 0 bridgehead atoms. The number of aromatic hydroxyl groups is 1. The Balaban J connectivity index is 1.60. The van der Waals surface area contributed by atoms with E-state index >= 15 is 0 Å². The van der Waals surface area contributed by atoms with Gasteiger partial charge in [-0.3, -0.25) is 5.41 Å². The molecule has 5 N–H and O–H groups in total. The lowest BCUT2D eigenvalue weighted by Gasteiger charge is -2.13. The van der Waals surface area contributed by atoms with Crippen LogP contribution in [0.1, 0.15) is 47.6 Å². The normalized spacial score (nSPS) is 11.5. The van der Waals surface area contributed by atoms with Crippen molar-refractivity contribution in [2.24, 2.45) is 5.73 Å². The van der Waals surface area contributed by atoms with E-state index in [1.165, 1.54) is 0 Å². The number of nitrogen functional groups attached to an aromatic ring is 1. The largest absolute Gasteiger partial charge is 0.508 e. The standard InChI is InChI=1S/C28H30N4O2/c1-18-31-26(28(2,3)34)17-32(18)16-20-4-9-22(10-5-20)25-15-21(8-13-24(25)27(29)30)14-19-6-11-23(33)12-7-19/h4-13,15,17,33-34H,14,16H2,1-3H3,(H3,29,30). The van der Waals surface area contributed by atoms with Gasteiger partial charge in [-0.15, -0.1) is 0 Å². The van der Waals surface area contributed by atoms with Gasteiger partial charge in [0.25, 0.3) is 0 Å². The number of benzene rings is 3. The van der Waals surface area contributed by atoms with Gasteiger partial charge in [0.15, 0.2) is 0 Å². The van der Waals surface area contributed by atoms with E-state index in [2.05, 4.69) is 23.2 Å². The highest BCUT2D eigenvalue weighted by molar-refractivity contribution is 6.01. The summed E-state index contributed by atoms with van der Waals surface area (Å²) in [6.07, 6.45) is 2.61. The summed E-state index contributed by atoms with van der Waals surface area (Å²) in [5.74, 6) is 1.13. The van der Waals surface area contributed by atoms with Crippen molar-refractivity contribution in [1.82, 2.24) is 9.55 Å². The van der Waals surface area contributed by atoms with E-state index in [0.717, 1.165) is 33.6 Å². The summed E-state index contributed by atoms with van der Waals surface area (Å²) in [5.41, 5.74) is 11.5. The van der Waals surface area contributed by atoms with Crippen LogP contribution in [0.5, 0.6) is 5.75 Å². The van der Waals surface area contributed by atoms with Crippen molar-refractivity contribution < 1.29 is 10.2 Å². The van der Waals surface area contributed by atoms with Crippen molar-refractivity contribution in [3.05, 3.63) is 107 Å². The van der Waals surface area contributed by atoms with Crippen LogP contribution in [-0.4, -0.2) is 25.6 Å². The Hall–Kier alpha value is -3.90. The second-order valence-corrected chi connectivity index (χ2v) is 9.19. The second-order valence-electron chi connectivity index (χ2n) is 9.19. The zero-order chi connectivity index (χ0) is 24.5. The van der Waals surface area contributed by atoms with Crippen molar-refractivity contribution in [2.75, 3.05) is 0 Å². The smallest absolute Gasteiger partial charge is 0.123 e. The van der Waals surface area contributed by atoms with Crippen LogP contribution >= 0.6 is 0 Å². The summed E-state index contributed by atoms with van der Waals surface area (Å²) in [6, 6.07) is 21.4. The van der Waals surface area contributed by atoms with E-state index in [4.69, 9.17) is 11.1 Å². The number of imidazole rings is 1. The number of aromatic nitrogens is 2. The van der Waals surface area contributed by atoms with Crippen LogP contribution in [0.4, 0.5) is 0 Å². The van der Waals surface area contributed by atoms with Crippen molar-refractivity contribution in [3.8, 4) is 16.9 Å². The van der Waals surface area contributed by atoms with E-state index in [1.54, 1.807) is 26.0 Å². The second kappa shape index (κ2) is 9.15. The van der Waals surface area contributed by atoms with E-state index in [1.807, 2.05) is 54.1 Å². The monoisotopic (exact) mass is 454 g/mol. The quantitative estimate of drug-likeness (QED) is 0.239. The topological polar surface area (TPSA) is 108 Å². The van der Waals surface area contributed by atoms with Crippen molar-refractivity contribution >= 4 is 5.84 Å². The number of nitrogens with one attached hydrogen (secondary N) is 1. The van der Waals surface area contributed by atoms with Gasteiger partial charge < -0.3 is 20.5 Å². The Kier molecular flexibility index (Phi) is 6.26. The number of hydrogen-bond donors (Lipinski definition) is 4. The van der Waals surface area contributed by atoms with Crippen molar-refractivity contribution in [3.63, 3.8) is 0 Å². The number of nitrogens with zero attached hydrogens (tertiary/aromatic N) is 2. The molecule has 6 nitrogen and oxygen atoms in total. The maximum atomic E-state index is 10.2. The summed E-state index contributed by atoms with van der Waals surface area (Å²) in [6.45, 7) is 6.05. The van der Waals surface area contributed by atoms with Crippen LogP contribution in [0.3, 0.4) is 0 Å². The molecule has 4 rings (SSSR count). The summed E-state index contributed by atoms with van der Waals surface area (Å²) < 4.78 is 2.03. The predicted octanol–water partition coefficient (Wildman–Crippen LogP) is 4.71. The number of phenolic OH excluding ortho intramolecular Hbond substituents is 1. The first kappa shape index (κ1) is 23.3. The molecule has 0 fully saturated rings. The molecule has 0 amide bonds. The van der Waals surface area contributed by atoms with Crippen LogP contribution in [0.15, 0.2) is 72.9 Å². The Morgan fingerprint density at radius 2 is 1.59 bits per heavy atom. The molecule has 0 spiro atoms. The SMILES string of the molecule is Cc1nc(C(C)(C)O)cn1Cc1ccc(-c2cc(Cc3ccc(O)cc3)ccc2C(=N)N)cc1. The molecule has 0 saturated carbocycles. The predicted molar refractivity (Wildman–Crippen MR) is 135 cm³/mol. The van der Waals surface area contributed by atoms with Crippen LogP contribution < -0.4 is 5.73 Å². The van der Waals surface area contributed by atoms with Crippen molar-refractivity contribution in [2.45, 2.75) is 39.3 Å². The minimum Gasteiger partial charge on any atom is -0.508 e. The van der Waals surface area contributed by atoms with Crippen molar-refractivity contribution in [1.29, 1.82) is 5.41 Å². The Labute approximate surface area is 199 Å². The molecule has 0 atom stereocenters. The lowest BCUT2D eigenvalue weighted by atomic mass is 9.93. The van der Waals surface area contributed by atoms with Gasteiger partial charge in [-0.1, -0.05) is 54.6 Å². The summed E-state index contributed by atoms with van der Waals surface area (Å²) in [4.78, 5) is 4.48. The van der Waals surface area contributed by atoms with E-state index in [9.17, 15) is 10.2 Å². The molecule has 4 aromatic rings. The van der Waals surface area contributed by atoms with Crippen LogP contribution in [0.25, 0.3) is 11.1 Å². The van der Waals surface area contributed by atoms with E-state index < -0.39 is 5.60 Å². The summed E-state index contributed by atoms with van der Waals surface area (Å²) in [5, 5.41) is 27.8. The van der Waals surface area contributed by atoms with Gasteiger partial charge in [-0.25, -0.2) is 4.98 Å². The number of aryl methyl sites for hydroxylation is 1. The number of hydrogen-bond acceptors (Lipinski definition) is 4. The van der Waals surface area contributed by atoms with Crippen LogP contribution in [0, 0.1) is 12.3 Å². The van der Waals surface area contributed by atoms with E-state index in [-0.39, 0.29) is 11.6 Å². The molecule has 1 aromatic heterocycles. The van der Waals surface area contributed by atoms with Gasteiger partial charge in [-0.2, -0.15) is 0 Å². The molecule has 3 aromatic carbocycles. The lowest BCUT2D eigenvalue weighted by molar-refractivity contribution is 0.0741. The summed E-state index contributed by atoms with van der Waals surface area (Å²) in [7, 11) is 0. The van der Waals surface area contributed by atoms with Crippen LogP contribution in [-0.2, 0) is 18.6 Å². The molecule has 0 aliphatic carbocycles. The molecular formula is C28H30N4O2. The maximum Gasteiger partial charge on any atom is 0.123 e. The highest BCUT2D eigenvalue weighted by Crippen LogP contribution is 2.27. The third-order valence-corrected chi connectivity index (χ3v) is 5.94. The Morgan fingerprint density at radius 3 is 2.18 bits per heavy atom. The average molecular weight is 455 g/mol. The van der Waals surface area contributed by atoms with Gasteiger partial charge in [0.1, 0.15) is 23.0 Å². The number of aliphatic hydroxyl groups is 1. The first-order chi connectivity index (χ1) is 16.1. The highest BCUT2D eigenvalue weighted by atomic mass is 16.3. The molecule has 0 unspecified atom stereocenters. The van der Waals surface area contributed by atoms with Gasteiger partial charge in [0.2, 0.25) is 0 Å². The highest BCUT2D eigenvalue weighted by Gasteiger charge is 2.20. The van der Waals surface area contributed by atoms with Gasteiger partial charge in [0, 0.05) is 18.3 Å². The Morgan fingerprint density at radius 1 is 0.971 bits per heavy atom. The fraction of sp³-hybridized carbons (Fsp3) is 0.214. The molecule has 1 heterocycles. The number of amidine groups is 1. The minimum atomic E-state index is -0.978. The van der Waals surface area contributed by atoms with Crippen LogP contribution in [0.2, 0.25) is 0 Å². The number of nitrogens with two attached hydrogens (primary N) is 1. The fourth-order valence-electron chi connectivity index (χ4n) is 3.97. The number of rotatable bonds is 7. The maximum absolute atomic E-state index is 10.2. The van der Waals surface area contributed by atoms with Gasteiger partial charge >= 0.3 is 0 Å². The number of phenols is 1. The van der Waals surface area contributed by atoms with Gasteiger partial charge in [-0.05, 0) is 67.1 Å². The molecule has 0 aliphatic rings. The third-order valence-electron chi connectivity index (χ3n) is 5.94. The third kappa shape index (κ3) is 5.18. The molecule has 174 valence electrons. The van der Waals surface area contributed by atoms with Gasteiger partial charge in [0.05, 0.1) is 5.69 Å². The minimum absolute atomic E-state index is 0.0310. The molecule has 34 heavy (non-hydrogen) atoms. The Bertz CT molecular complexity index is 1310. The lowest BCUT2D eigenvalue weighted by Crippen LogP contribution is -2.15. The fourth-order valence-corrected chi connectivity index (χ4v) is 3.97. The molecule has 0 radical (unpaired) electrons. The summed E-state index contributed by atoms with van der Waals surface area (Å²) >= 11 is 0. The zero-order valence-electron chi connectivity index (χ0n) is 19.7. The zero-order valence-corrected chi connectivity index (χ0v) is 19.7. The van der Waals surface area contributed by atoms with E-state index in [0.29, 0.717) is 24.2 Å². The molecular weight excluding hydrogens is 424 g/mol.